The van der Waals surface area contributed by atoms with Gasteiger partial charge in [0.15, 0.2) is 0 Å². The number of nitrogens with zero attached hydrogens (tertiary/aromatic N) is 2. The van der Waals surface area contributed by atoms with Crippen molar-refractivity contribution in [3.63, 3.8) is 0 Å². The van der Waals surface area contributed by atoms with Gasteiger partial charge in [0, 0.05) is 13.1 Å². The van der Waals surface area contributed by atoms with E-state index in [0.717, 1.165) is 4.90 Å². The van der Waals surface area contributed by atoms with Gasteiger partial charge in [-0.05, 0) is 19.1 Å². The van der Waals surface area contributed by atoms with Gasteiger partial charge in [-0.2, -0.15) is 0 Å². The van der Waals surface area contributed by atoms with Gasteiger partial charge in [-0.1, -0.05) is 18.2 Å². The molecule has 1 aliphatic heterocycles. The molecule has 0 bridgehead atoms. The Balaban J connectivity index is 2.17. The molecular weight excluding hydrogens is 324 g/mol. The Kier molecular flexibility index (Phi) is 5.69. The summed E-state index contributed by atoms with van der Waals surface area (Å²) in [7, 11) is 1.27. The Morgan fingerprint density at radius 1 is 1.24 bits per heavy atom. The fraction of sp³-hybridized carbons (Fsp3) is 0.333. The number of rotatable bonds is 7. The second-order valence-electron chi connectivity index (χ2n) is 5.60. The molecule has 3 amide bonds. The lowest BCUT2D eigenvalue weighted by molar-refractivity contribution is -0.142. The number of esters is 1. The van der Waals surface area contributed by atoms with Crippen LogP contribution in [0.1, 0.15) is 34.1 Å². The van der Waals surface area contributed by atoms with Gasteiger partial charge >= 0.3 is 5.97 Å². The zero-order chi connectivity index (χ0) is 18.6. The number of amides is 3. The molecule has 0 saturated heterocycles. The lowest BCUT2D eigenvalue weighted by Crippen LogP contribution is -2.49. The zero-order valence-electron chi connectivity index (χ0n) is 14.2. The Morgan fingerprint density at radius 3 is 2.28 bits per heavy atom. The molecule has 0 radical (unpaired) electrons. The topological polar surface area (TPSA) is 84.0 Å². The maximum atomic E-state index is 12.7. The van der Waals surface area contributed by atoms with E-state index in [9.17, 15) is 19.2 Å². The average molecular weight is 344 g/mol. The number of hydrogen-bond donors (Lipinski definition) is 0. The smallest absolute Gasteiger partial charge is 0.307 e. The van der Waals surface area contributed by atoms with E-state index in [4.69, 9.17) is 0 Å². The first-order valence-corrected chi connectivity index (χ1v) is 7.85. The number of methoxy groups -OCH3 is 1. The van der Waals surface area contributed by atoms with E-state index >= 15 is 0 Å². The molecule has 0 aliphatic carbocycles. The number of hydrogen-bond acceptors (Lipinski definition) is 5. The van der Waals surface area contributed by atoms with Crippen LogP contribution in [0.4, 0.5) is 0 Å². The third-order valence-electron chi connectivity index (χ3n) is 4.04. The summed E-state index contributed by atoms with van der Waals surface area (Å²) in [6.07, 6.45) is 1.54. The monoisotopic (exact) mass is 344 g/mol. The van der Waals surface area contributed by atoms with Crippen LogP contribution in [-0.4, -0.2) is 59.7 Å². The van der Waals surface area contributed by atoms with E-state index in [1.54, 1.807) is 24.3 Å². The minimum absolute atomic E-state index is 0.0188. The summed E-state index contributed by atoms with van der Waals surface area (Å²) in [5.74, 6) is -1.87. The second-order valence-corrected chi connectivity index (χ2v) is 5.60. The van der Waals surface area contributed by atoms with Crippen molar-refractivity contribution >= 4 is 23.7 Å². The SMILES string of the molecule is C=CCN(CCC(=O)OC)C(=O)C(C)N1C(=O)c2ccccc2C1=O. The highest BCUT2D eigenvalue weighted by Gasteiger charge is 2.41. The Bertz CT molecular complexity index is 693. The highest BCUT2D eigenvalue weighted by Crippen LogP contribution is 2.25. The minimum Gasteiger partial charge on any atom is -0.469 e. The number of carbonyl (C=O) groups excluding carboxylic acids is 4. The van der Waals surface area contributed by atoms with Crippen molar-refractivity contribution in [1.29, 1.82) is 0 Å². The summed E-state index contributed by atoms with van der Waals surface area (Å²) >= 11 is 0. The van der Waals surface area contributed by atoms with Crippen LogP contribution in [0.2, 0.25) is 0 Å². The molecule has 25 heavy (non-hydrogen) atoms. The third kappa shape index (κ3) is 3.60. The van der Waals surface area contributed by atoms with Crippen LogP contribution >= 0.6 is 0 Å². The van der Waals surface area contributed by atoms with E-state index in [2.05, 4.69) is 11.3 Å². The molecule has 1 aromatic carbocycles. The van der Waals surface area contributed by atoms with Crippen LogP contribution in [0.25, 0.3) is 0 Å². The maximum Gasteiger partial charge on any atom is 0.307 e. The summed E-state index contributed by atoms with van der Waals surface area (Å²) in [5, 5.41) is 0. The van der Waals surface area contributed by atoms with Gasteiger partial charge in [0.2, 0.25) is 5.91 Å². The van der Waals surface area contributed by atoms with E-state index in [0.29, 0.717) is 0 Å². The van der Waals surface area contributed by atoms with Crippen LogP contribution in [0.5, 0.6) is 0 Å². The first-order valence-electron chi connectivity index (χ1n) is 7.85. The fourth-order valence-electron chi connectivity index (χ4n) is 2.71. The molecule has 0 fully saturated rings. The largest absolute Gasteiger partial charge is 0.469 e. The Hall–Kier alpha value is -2.96. The summed E-state index contributed by atoms with van der Waals surface area (Å²) in [6.45, 7) is 5.40. The van der Waals surface area contributed by atoms with Crippen LogP contribution in [-0.2, 0) is 14.3 Å². The van der Waals surface area contributed by atoms with Gasteiger partial charge < -0.3 is 9.64 Å². The average Bonchev–Trinajstić information content (AvgIpc) is 2.88. The van der Waals surface area contributed by atoms with Gasteiger partial charge in [-0.25, -0.2) is 0 Å². The first kappa shape index (κ1) is 18.4. The third-order valence-corrected chi connectivity index (χ3v) is 4.04. The molecule has 0 spiro atoms. The van der Waals surface area contributed by atoms with Crippen molar-refractivity contribution in [2.24, 2.45) is 0 Å². The van der Waals surface area contributed by atoms with Crippen molar-refractivity contribution in [2.75, 3.05) is 20.2 Å². The van der Waals surface area contributed by atoms with Crippen molar-refractivity contribution in [3.05, 3.63) is 48.0 Å². The first-order chi connectivity index (χ1) is 11.9. The molecule has 2 rings (SSSR count). The molecule has 1 aliphatic rings. The van der Waals surface area contributed by atoms with Crippen LogP contribution in [0, 0.1) is 0 Å². The number of ether oxygens (including phenoxy) is 1. The zero-order valence-corrected chi connectivity index (χ0v) is 14.2. The van der Waals surface area contributed by atoms with Gasteiger partial charge in [0.1, 0.15) is 6.04 Å². The molecule has 1 atom stereocenters. The standard InChI is InChI=1S/C18H20N2O5/c1-4-10-19(11-9-15(21)25-3)16(22)12(2)20-17(23)13-7-5-6-8-14(13)18(20)24/h4-8,12H,1,9-11H2,2-3H3. The number of benzene rings is 1. The summed E-state index contributed by atoms with van der Waals surface area (Å²) < 4.78 is 4.57. The number of imide groups is 1. The maximum absolute atomic E-state index is 12.7. The van der Waals surface area contributed by atoms with Crippen molar-refractivity contribution in [1.82, 2.24) is 9.80 Å². The van der Waals surface area contributed by atoms with Crippen molar-refractivity contribution in [3.8, 4) is 0 Å². The summed E-state index contributed by atoms with van der Waals surface area (Å²) in [5.41, 5.74) is 0.578. The van der Waals surface area contributed by atoms with Crippen molar-refractivity contribution in [2.45, 2.75) is 19.4 Å². The summed E-state index contributed by atoms with van der Waals surface area (Å²) in [6, 6.07) is 5.47. The minimum atomic E-state index is -0.981. The lowest BCUT2D eigenvalue weighted by atomic mass is 10.1. The van der Waals surface area contributed by atoms with Crippen LogP contribution in [0.3, 0.4) is 0 Å². The second kappa shape index (κ2) is 7.74. The van der Waals surface area contributed by atoms with Crippen molar-refractivity contribution < 1.29 is 23.9 Å². The van der Waals surface area contributed by atoms with E-state index in [1.807, 2.05) is 0 Å². The Morgan fingerprint density at radius 2 is 1.80 bits per heavy atom. The molecule has 132 valence electrons. The highest BCUT2D eigenvalue weighted by atomic mass is 16.5. The molecule has 0 N–H and O–H groups in total. The predicted octanol–water partition coefficient (Wildman–Crippen LogP) is 1.25. The molecule has 1 unspecified atom stereocenters. The van der Waals surface area contributed by atoms with E-state index < -0.39 is 29.7 Å². The van der Waals surface area contributed by atoms with Gasteiger partial charge in [0.05, 0.1) is 24.7 Å². The molecule has 0 aromatic heterocycles. The molecule has 1 heterocycles. The predicted molar refractivity (Wildman–Crippen MR) is 89.8 cm³/mol. The molecular formula is C18H20N2O5. The van der Waals surface area contributed by atoms with Crippen LogP contribution in [0.15, 0.2) is 36.9 Å². The Labute approximate surface area is 145 Å². The number of fused-ring (bicyclic) bond motifs is 1. The normalized spacial score (nSPS) is 14.1. The van der Waals surface area contributed by atoms with Gasteiger partial charge in [-0.15, -0.1) is 6.58 Å². The number of carbonyl (C=O) groups is 4. The van der Waals surface area contributed by atoms with Gasteiger partial charge in [-0.3, -0.25) is 24.1 Å². The quantitative estimate of drug-likeness (QED) is 0.422. The molecule has 7 heteroatoms. The van der Waals surface area contributed by atoms with E-state index in [-0.39, 0.29) is 30.6 Å². The fourth-order valence-corrected chi connectivity index (χ4v) is 2.71. The lowest BCUT2D eigenvalue weighted by Gasteiger charge is -2.28. The molecule has 7 nitrogen and oxygen atoms in total. The van der Waals surface area contributed by atoms with Crippen LogP contribution < -0.4 is 0 Å². The highest BCUT2D eigenvalue weighted by molar-refractivity contribution is 6.22. The van der Waals surface area contributed by atoms with Gasteiger partial charge in [0.25, 0.3) is 11.8 Å². The molecule has 0 saturated carbocycles. The van der Waals surface area contributed by atoms with E-state index in [1.165, 1.54) is 25.0 Å². The summed E-state index contributed by atoms with van der Waals surface area (Å²) in [4.78, 5) is 51.4. The molecule has 1 aromatic rings.